The minimum atomic E-state index is -0.530. The summed E-state index contributed by atoms with van der Waals surface area (Å²) in [5.41, 5.74) is 10.5. The summed E-state index contributed by atoms with van der Waals surface area (Å²) >= 11 is 0. The van der Waals surface area contributed by atoms with Gasteiger partial charge in [-0.3, -0.25) is 33.1 Å². The van der Waals surface area contributed by atoms with Crippen molar-refractivity contribution in [2.45, 2.75) is 284 Å². The number of aliphatic hydroxyl groups is 6. The van der Waals surface area contributed by atoms with Gasteiger partial charge in [-0.25, -0.2) is 0 Å². The zero-order chi connectivity index (χ0) is 77.1. The smallest absolute Gasteiger partial charge is 0.173 e. The third-order valence-electron chi connectivity index (χ3n) is 29.9. The molecule has 2 saturated heterocycles. The molecule has 5 aromatic rings. The van der Waals surface area contributed by atoms with Crippen molar-refractivity contribution in [3.05, 3.63) is 111 Å². The molecular formula is C84H123N9O14. The Kier molecular flexibility index (Phi) is 21.0. The number of carbonyl (C=O) groups is 3. The summed E-state index contributed by atoms with van der Waals surface area (Å²) in [5, 5.41) is 78.5. The molecule has 0 unspecified atom stereocenters. The predicted molar refractivity (Wildman–Crippen MR) is 401 cm³/mol. The van der Waals surface area contributed by atoms with E-state index in [9.17, 15) is 34.8 Å². The van der Waals surface area contributed by atoms with Gasteiger partial charge >= 0.3 is 0 Å². The molecule has 0 aromatic carbocycles. The van der Waals surface area contributed by atoms with Crippen LogP contribution in [0.4, 0.5) is 0 Å². The molecule has 0 amide bonds. The fraction of sp³-hybridized carbons (Fsp3) is 0.738. The highest BCUT2D eigenvalue weighted by atomic mass is 16.7. The maximum Gasteiger partial charge on any atom is 0.173 e. The zero-order valence-corrected chi connectivity index (χ0v) is 66.6. The van der Waals surface area contributed by atoms with Crippen molar-refractivity contribution in [2.24, 2.45) is 56.7 Å². The van der Waals surface area contributed by atoms with Crippen molar-refractivity contribution in [1.29, 1.82) is 0 Å². The van der Waals surface area contributed by atoms with E-state index in [0.29, 0.717) is 107 Å². The van der Waals surface area contributed by atoms with Crippen LogP contribution in [0.2, 0.25) is 0 Å². The number of hydrogen-bond acceptors (Lipinski definition) is 19. The Morgan fingerprint density at radius 1 is 0.402 bits per heavy atom. The second-order valence-electron chi connectivity index (χ2n) is 37.4. The van der Waals surface area contributed by atoms with Gasteiger partial charge in [-0.15, -0.1) is 0 Å². The van der Waals surface area contributed by atoms with E-state index in [4.69, 9.17) is 54.1 Å². The van der Waals surface area contributed by atoms with Crippen LogP contribution in [0.25, 0.3) is 0 Å². The summed E-state index contributed by atoms with van der Waals surface area (Å²) in [6, 6.07) is 0. The first-order valence-electron chi connectivity index (χ1n) is 40.0. The molecule has 10 aliphatic carbocycles. The number of fused-ring (bicyclic) bond motifs is 14. The number of Topliss-reactive ketones (excluding diaryl/α,β-unsaturated/α-hetero) is 3. The van der Waals surface area contributed by atoms with E-state index in [-0.39, 0.29) is 93.1 Å². The molecular weight excluding hydrogens is 1360 g/mol. The molecule has 2 spiro atoms. The number of ketones is 3. The van der Waals surface area contributed by atoms with Gasteiger partial charge in [0.15, 0.2) is 23.1 Å². The lowest BCUT2D eigenvalue weighted by molar-refractivity contribution is -0.281. The topological polar surface area (TPSA) is 307 Å². The van der Waals surface area contributed by atoms with Crippen molar-refractivity contribution < 1.29 is 68.5 Å². The SMILES string of the molecule is CC1(C)C(=O)/C(=C\O)C[C@]2(C)c3nn(CCO)cc3CC[C@@H]12.CC1(C)C(=O)CC[C@]2(C)c3nn(CCO)cc3CC[C@@H]12.CC1(C)[C@@H]2CC/C(=C\O)C(=O)[C@@]2(C)CCC12OCCO2.CC1(C)[C@@H]2CCc3cn(CCO)nc3[C@@]2(C)CCC12OCCO2.CC1(C)c2oncc2C[C@]2(C)c3nn(CCO)cc3CC[C@@H]12. The first-order valence-corrected chi connectivity index (χ1v) is 40.0. The number of allylic oxidation sites excluding steroid dienone is 2. The van der Waals surface area contributed by atoms with E-state index in [1.54, 1.807) is 4.68 Å². The summed E-state index contributed by atoms with van der Waals surface area (Å²) < 4.78 is 37.3. The molecule has 23 heteroatoms. The molecule has 588 valence electrons. The normalized spacial score (nSPS) is 33.5. The number of aliphatic hydroxyl groups excluding tert-OH is 6. The van der Waals surface area contributed by atoms with Crippen LogP contribution in [0.3, 0.4) is 0 Å². The Morgan fingerprint density at radius 2 is 0.766 bits per heavy atom. The number of aromatic nitrogens is 9. The molecule has 5 saturated carbocycles. The second kappa shape index (κ2) is 28.5. The van der Waals surface area contributed by atoms with E-state index in [0.717, 1.165) is 120 Å². The standard InChI is InChI=1S/C18H28N2O3.C17H23N3O2.C17H24N2O3.C16H24N2O2.C16H24O4/c1-16(2)14-5-4-13-12-20(8-9-21)19-15(13)17(14,3)6-7-18(16)22-10-11-23-18;1-16(2)13-5-4-11-10-20(6-7-21)19-14(11)17(13,3)8-12-9-18-22-15(12)16;1-16(2)13-5-4-11-9-19(6-7-20)18-14(11)17(13,3)8-12(10-21)15(16)22;1-15(2)12-5-4-11-10-18(8-9-19)17-14(11)16(12,3)7-6-13(15)20;1-14(2)12-5-4-11(10-17)13(18)15(12,3)6-7-16(14)19-8-9-20-16/h12,14,21H,4-11H2,1-3H3;9-10,13,21H,4-8H2,1-3H3;9-10,13,20-21H,4-8H2,1-3H3;10,12,19H,4-9H2,1-3H3;10,12,17H,4-9H2,1-3H3/b;;12-10-;;11-10+/t14-,17-;2*13-,17-;12-,16-;12-,15-/m00000/s1. The Labute approximate surface area is 632 Å². The number of nitrogens with zero attached hydrogens (tertiary/aromatic N) is 9. The monoisotopic (exact) mass is 1480 g/mol. The van der Waals surface area contributed by atoms with Crippen LogP contribution >= 0.6 is 0 Å². The molecule has 107 heavy (non-hydrogen) atoms. The molecule has 2 aliphatic heterocycles. The maximum absolute atomic E-state index is 12.7. The van der Waals surface area contributed by atoms with E-state index >= 15 is 0 Å². The average molecular weight is 1480 g/mol. The minimum Gasteiger partial charge on any atom is -0.515 e. The Hall–Kier alpha value is -6.18. The number of rotatable bonds is 8. The number of hydrogen-bond donors (Lipinski definition) is 6. The molecule has 10 atom stereocenters. The van der Waals surface area contributed by atoms with Crippen molar-refractivity contribution >= 4 is 17.3 Å². The van der Waals surface area contributed by atoms with Crippen molar-refractivity contribution in [2.75, 3.05) is 52.9 Å². The largest absolute Gasteiger partial charge is 0.515 e. The molecule has 6 N–H and O–H groups in total. The molecule has 23 nitrogen and oxygen atoms in total. The van der Waals surface area contributed by atoms with Gasteiger partial charge in [0, 0.05) is 115 Å². The molecule has 17 rings (SSSR count). The van der Waals surface area contributed by atoms with Gasteiger partial charge in [0.2, 0.25) is 0 Å². The third-order valence-corrected chi connectivity index (χ3v) is 29.9. The molecule has 0 radical (unpaired) electrons. The van der Waals surface area contributed by atoms with E-state index in [2.05, 4.69) is 107 Å². The molecule has 12 aliphatic rings. The third kappa shape index (κ3) is 12.6. The lowest BCUT2D eigenvalue weighted by atomic mass is 9.48. The zero-order valence-electron chi connectivity index (χ0n) is 66.6. The van der Waals surface area contributed by atoms with E-state index in [1.165, 1.54) is 44.9 Å². The van der Waals surface area contributed by atoms with Crippen LogP contribution in [-0.4, -0.2) is 157 Å². The summed E-state index contributed by atoms with van der Waals surface area (Å²) in [6.45, 7) is 38.2. The predicted octanol–water partition coefficient (Wildman–Crippen LogP) is 11.7. The van der Waals surface area contributed by atoms with Crippen LogP contribution in [-0.2, 0) is 119 Å². The van der Waals surface area contributed by atoms with Crippen molar-refractivity contribution in [3.8, 4) is 0 Å². The molecule has 5 aromatic heterocycles. The summed E-state index contributed by atoms with van der Waals surface area (Å²) in [5.74, 6) is 2.46. The highest BCUT2D eigenvalue weighted by Crippen LogP contribution is 2.65. The van der Waals surface area contributed by atoms with Crippen molar-refractivity contribution in [3.63, 3.8) is 0 Å². The van der Waals surface area contributed by atoms with Gasteiger partial charge in [-0.05, 0) is 148 Å². The van der Waals surface area contributed by atoms with Crippen LogP contribution < -0.4 is 0 Å². The lowest BCUT2D eigenvalue weighted by Gasteiger charge is -2.59. The Balaban J connectivity index is 0.000000118. The Bertz CT molecular complexity index is 4190. The molecule has 7 fully saturated rings. The minimum absolute atomic E-state index is 0.00565. The Morgan fingerprint density at radius 3 is 1.20 bits per heavy atom. The molecule has 0 bridgehead atoms. The first-order chi connectivity index (χ1) is 50.5. The van der Waals surface area contributed by atoms with Crippen molar-refractivity contribution in [1.82, 2.24) is 44.3 Å². The van der Waals surface area contributed by atoms with Gasteiger partial charge in [-0.2, -0.15) is 20.4 Å². The van der Waals surface area contributed by atoms with E-state index in [1.807, 2.05) is 47.2 Å². The lowest BCUT2D eigenvalue weighted by Crippen LogP contribution is -2.61. The summed E-state index contributed by atoms with van der Waals surface area (Å²) in [7, 11) is 0. The number of carbonyl (C=O) groups excluding carboxylic acids is 3. The maximum atomic E-state index is 12.7. The first kappa shape index (κ1) is 78.9. The van der Waals surface area contributed by atoms with Gasteiger partial charge < -0.3 is 54.1 Å². The van der Waals surface area contributed by atoms with Crippen LogP contribution in [0.15, 0.2) is 59.2 Å². The fourth-order valence-corrected chi connectivity index (χ4v) is 24.4. The quantitative estimate of drug-likeness (QED) is 0.0621. The second-order valence-corrected chi connectivity index (χ2v) is 37.4. The van der Waals surface area contributed by atoms with Gasteiger partial charge in [0.05, 0.1) is 121 Å². The van der Waals surface area contributed by atoms with Crippen LogP contribution in [0.1, 0.15) is 244 Å². The molecule has 7 heterocycles. The number of aryl methyl sites for hydroxylation is 4. The fourth-order valence-electron chi connectivity index (χ4n) is 24.4. The van der Waals surface area contributed by atoms with Gasteiger partial charge in [0.1, 0.15) is 11.5 Å². The average Bonchev–Trinajstić information content (AvgIpc) is 1.57. The summed E-state index contributed by atoms with van der Waals surface area (Å²) in [6.07, 6.45) is 28.6. The van der Waals surface area contributed by atoms with Crippen LogP contribution in [0.5, 0.6) is 0 Å². The highest BCUT2D eigenvalue weighted by molar-refractivity contribution is 6.01. The van der Waals surface area contributed by atoms with Crippen LogP contribution in [0, 0.1) is 56.7 Å². The summed E-state index contributed by atoms with van der Waals surface area (Å²) in [4.78, 5) is 37.6. The highest BCUT2D eigenvalue weighted by Gasteiger charge is 2.67. The van der Waals surface area contributed by atoms with Gasteiger partial charge in [0.25, 0.3) is 0 Å². The van der Waals surface area contributed by atoms with E-state index < -0.39 is 22.4 Å². The number of ether oxygens (including phenoxy) is 4. The van der Waals surface area contributed by atoms with Gasteiger partial charge in [-0.1, -0.05) is 109 Å².